The number of pyridine rings is 1. The Morgan fingerprint density at radius 2 is 2.06 bits per heavy atom. The summed E-state index contributed by atoms with van der Waals surface area (Å²) in [7, 11) is 0. The highest BCUT2D eigenvalue weighted by Crippen LogP contribution is 2.23. The monoisotopic (exact) mass is 230 g/mol. The minimum atomic E-state index is 0.729. The van der Waals surface area contributed by atoms with Gasteiger partial charge in [-0.25, -0.2) is 0 Å². The molecule has 0 amide bonds. The van der Waals surface area contributed by atoms with Crippen molar-refractivity contribution in [3.63, 3.8) is 0 Å². The van der Waals surface area contributed by atoms with Gasteiger partial charge in [-0.05, 0) is 32.4 Å². The molecule has 0 aliphatic heterocycles. The third-order valence-electron chi connectivity index (χ3n) is 2.94. The molecule has 0 aromatic carbocycles. The standard InChI is InChI=1S/C13H18N4/c1-4-7-17-10(3)11(8-15-17)13-6-5-12(14)9(2)16-13/h5-6,8H,4,7,14H2,1-3H3. The van der Waals surface area contributed by atoms with Gasteiger partial charge in [0.1, 0.15) is 0 Å². The largest absolute Gasteiger partial charge is 0.397 e. The van der Waals surface area contributed by atoms with Gasteiger partial charge >= 0.3 is 0 Å². The van der Waals surface area contributed by atoms with E-state index in [1.807, 2.05) is 29.9 Å². The summed E-state index contributed by atoms with van der Waals surface area (Å²) in [5.74, 6) is 0. The van der Waals surface area contributed by atoms with E-state index < -0.39 is 0 Å². The van der Waals surface area contributed by atoms with Gasteiger partial charge in [0, 0.05) is 17.8 Å². The second kappa shape index (κ2) is 4.57. The number of nitrogens with zero attached hydrogens (tertiary/aromatic N) is 3. The Balaban J connectivity index is 2.42. The van der Waals surface area contributed by atoms with Crippen LogP contribution in [0.2, 0.25) is 0 Å². The van der Waals surface area contributed by atoms with Gasteiger partial charge in [-0.15, -0.1) is 0 Å². The topological polar surface area (TPSA) is 56.7 Å². The molecule has 0 aliphatic rings. The van der Waals surface area contributed by atoms with Crippen LogP contribution in [0, 0.1) is 13.8 Å². The molecule has 0 spiro atoms. The number of aromatic nitrogens is 3. The van der Waals surface area contributed by atoms with Crippen molar-refractivity contribution in [3.8, 4) is 11.3 Å². The molecule has 0 saturated carbocycles. The van der Waals surface area contributed by atoms with E-state index in [2.05, 4.69) is 23.9 Å². The maximum Gasteiger partial charge on any atom is 0.0741 e. The Hall–Kier alpha value is -1.84. The van der Waals surface area contributed by atoms with Crippen molar-refractivity contribution in [3.05, 3.63) is 29.7 Å². The number of hydrogen-bond acceptors (Lipinski definition) is 3. The lowest BCUT2D eigenvalue weighted by Crippen LogP contribution is -2.01. The summed E-state index contributed by atoms with van der Waals surface area (Å²) < 4.78 is 2.02. The Kier molecular flexibility index (Phi) is 3.13. The van der Waals surface area contributed by atoms with Crippen molar-refractivity contribution in [1.82, 2.24) is 14.8 Å². The summed E-state index contributed by atoms with van der Waals surface area (Å²) in [6, 6.07) is 3.84. The van der Waals surface area contributed by atoms with E-state index in [9.17, 15) is 0 Å². The predicted molar refractivity (Wildman–Crippen MR) is 69.6 cm³/mol. The van der Waals surface area contributed by atoms with Crippen molar-refractivity contribution in [2.75, 3.05) is 5.73 Å². The highest BCUT2D eigenvalue weighted by molar-refractivity contribution is 5.63. The fourth-order valence-electron chi connectivity index (χ4n) is 1.86. The normalized spacial score (nSPS) is 10.8. The average Bonchev–Trinajstić information content (AvgIpc) is 2.66. The number of anilines is 1. The molecule has 0 radical (unpaired) electrons. The zero-order chi connectivity index (χ0) is 12.4. The zero-order valence-electron chi connectivity index (χ0n) is 10.6. The molecule has 17 heavy (non-hydrogen) atoms. The van der Waals surface area contributed by atoms with E-state index in [0.717, 1.165) is 41.3 Å². The number of hydrogen-bond donors (Lipinski definition) is 1. The van der Waals surface area contributed by atoms with Gasteiger partial charge in [-0.2, -0.15) is 5.10 Å². The second-order valence-corrected chi connectivity index (χ2v) is 4.24. The molecule has 90 valence electrons. The molecular weight excluding hydrogens is 212 g/mol. The van der Waals surface area contributed by atoms with Gasteiger partial charge in [0.05, 0.1) is 23.3 Å². The molecule has 0 atom stereocenters. The quantitative estimate of drug-likeness (QED) is 0.881. The van der Waals surface area contributed by atoms with E-state index >= 15 is 0 Å². The van der Waals surface area contributed by atoms with Crippen molar-refractivity contribution in [2.24, 2.45) is 0 Å². The molecule has 0 aliphatic carbocycles. The van der Waals surface area contributed by atoms with Crippen LogP contribution in [0.15, 0.2) is 18.3 Å². The van der Waals surface area contributed by atoms with Gasteiger partial charge in [0.25, 0.3) is 0 Å². The molecular formula is C13H18N4. The third kappa shape index (κ3) is 2.16. The summed E-state index contributed by atoms with van der Waals surface area (Å²) in [5.41, 5.74) is 10.6. The molecule has 2 aromatic rings. The number of nitrogen functional groups attached to an aromatic ring is 1. The van der Waals surface area contributed by atoms with E-state index in [1.165, 1.54) is 0 Å². The number of aryl methyl sites for hydroxylation is 2. The van der Waals surface area contributed by atoms with Gasteiger partial charge in [0.15, 0.2) is 0 Å². The minimum Gasteiger partial charge on any atom is -0.397 e. The SMILES string of the molecule is CCCn1ncc(-c2ccc(N)c(C)n2)c1C. The molecule has 0 fully saturated rings. The maximum absolute atomic E-state index is 5.77. The van der Waals surface area contributed by atoms with Crippen LogP contribution >= 0.6 is 0 Å². The molecule has 0 bridgehead atoms. The van der Waals surface area contributed by atoms with Crippen molar-refractivity contribution in [2.45, 2.75) is 33.7 Å². The summed E-state index contributed by atoms with van der Waals surface area (Å²) in [5, 5.41) is 4.38. The van der Waals surface area contributed by atoms with Crippen LogP contribution in [-0.2, 0) is 6.54 Å². The highest BCUT2D eigenvalue weighted by Gasteiger charge is 2.09. The van der Waals surface area contributed by atoms with Crippen LogP contribution in [0.25, 0.3) is 11.3 Å². The first-order valence-corrected chi connectivity index (χ1v) is 5.89. The first kappa shape index (κ1) is 11.6. The third-order valence-corrected chi connectivity index (χ3v) is 2.94. The van der Waals surface area contributed by atoms with Crippen molar-refractivity contribution in [1.29, 1.82) is 0 Å². The lowest BCUT2D eigenvalue weighted by atomic mass is 10.1. The van der Waals surface area contributed by atoms with Gasteiger partial charge in [-0.3, -0.25) is 9.67 Å². The maximum atomic E-state index is 5.77. The van der Waals surface area contributed by atoms with Crippen LogP contribution in [0.5, 0.6) is 0 Å². The van der Waals surface area contributed by atoms with E-state index in [1.54, 1.807) is 0 Å². The molecule has 4 nitrogen and oxygen atoms in total. The molecule has 2 heterocycles. The predicted octanol–water partition coefficient (Wildman–Crippen LogP) is 2.55. The fraction of sp³-hybridized carbons (Fsp3) is 0.385. The lowest BCUT2D eigenvalue weighted by molar-refractivity contribution is 0.587. The second-order valence-electron chi connectivity index (χ2n) is 4.24. The Morgan fingerprint density at radius 3 is 2.71 bits per heavy atom. The van der Waals surface area contributed by atoms with Crippen LogP contribution in [-0.4, -0.2) is 14.8 Å². The summed E-state index contributed by atoms with van der Waals surface area (Å²) >= 11 is 0. The van der Waals surface area contributed by atoms with Crippen LogP contribution in [0.1, 0.15) is 24.7 Å². The zero-order valence-corrected chi connectivity index (χ0v) is 10.6. The highest BCUT2D eigenvalue weighted by atomic mass is 15.3. The Morgan fingerprint density at radius 1 is 1.29 bits per heavy atom. The average molecular weight is 230 g/mol. The van der Waals surface area contributed by atoms with Gasteiger partial charge in [0.2, 0.25) is 0 Å². The fourth-order valence-corrected chi connectivity index (χ4v) is 1.86. The summed E-state index contributed by atoms with van der Waals surface area (Å²) in [6.45, 7) is 7.09. The smallest absolute Gasteiger partial charge is 0.0741 e. The van der Waals surface area contributed by atoms with Gasteiger partial charge < -0.3 is 5.73 Å². The number of nitrogens with two attached hydrogens (primary N) is 1. The molecule has 0 unspecified atom stereocenters. The molecule has 2 rings (SSSR count). The minimum absolute atomic E-state index is 0.729. The van der Waals surface area contributed by atoms with Crippen LogP contribution < -0.4 is 5.73 Å². The van der Waals surface area contributed by atoms with Crippen LogP contribution in [0.4, 0.5) is 5.69 Å². The first-order chi connectivity index (χ1) is 8.13. The van der Waals surface area contributed by atoms with Crippen molar-refractivity contribution >= 4 is 5.69 Å². The molecule has 0 saturated heterocycles. The molecule has 4 heteroatoms. The van der Waals surface area contributed by atoms with E-state index in [-0.39, 0.29) is 0 Å². The summed E-state index contributed by atoms with van der Waals surface area (Å²) in [6.07, 6.45) is 2.96. The van der Waals surface area contributed by atoms with Gasteiger partial charge in [-0.1, -0.05) is 6.92 Å². The van der Waals surface area contributed by atoms with E-state index in [4.69, 9.17) is 5.73 Å². The van der Waals surface area contributed by atoms with Crippen molar-refractivity contribution < 1.29 is 0 Å². The number of rotatable bonds is 3. The lowest BCUT2D eigenvalue weighted by Gasteiger charge is -2.05. The van der Waals surface area contributed by atoms with Crippen LogP contribution in [0.3, 0.4) is 0 Å². The van der Waals surface area contributed by atoms with E-state index in [0.29, 0.717) is 0 Å². The molecule has 2 N–H and O–H groups in total. The molecule has 2 aromatic heterocycles. The summed E-state index contributed by atoms with van der Waals surface area (Å²) in [4.78, 5) is 4.50. The Labute approximate surface area is 101 Å². The first-order valence-electron chi connectivity index (χ1n) is 5.89. The Bertz CT molecular complexity index is 528.